The second-order valence-corrected chi connectivity index (χ2v) is 13.7. The van der Waals surface area contributed by atoms with Gasteiger partial charge in [0.15, 0.2) is 11.6 Å². The van der Waals surface area contributed by atoms with E-state index in [1.807, 2.05) is 18.2 Å². The highest BCUT2D eigenvalue weighted by molar-refractivity contribution is 6.13. The molecule has 0 spiro atoms. The maximum absolute atomic E-state index is 6.25. The van der Waals surface area contributed by atoms with E-state index >= 15 is 0 Å². The molecule has 5 nitrogen and oxygen atoms in total. The van der Waals surface area contributed by atoms with E-state index in [2.05, 4.69) is 168 Å². The Morgan fingerprint density at radius 1 is 0.370 bits per heavy atom. The summed E-state index contributed by atoms with van der Waals surface area (Å²) in [5.41, 5.74) is 10.1. The quantitative estimate of drug-likeness (QED) is 0.180. The fourth-order valence-corrected chi connectivity index (χ4v) is 7.89. The Bertz CT molecular complexity index is 3230. The van der Waals surface area contributed by atoms with E-state index in [-0.39, 0.29) is 0 Å². The molecule has 0 N–H and O–H groups in total. The molecule has 0 aliphatic heterocycles. The van der Waals surface area contributed by atoms with Gasteiger partial charge in [-0.25, -0.2) is 4.98 Å². The summed E-state index contributed by atoms with van der Waals surface area (Å²) in [5.74, 6) is 1.78. The Labute approximate surface area is 310 Å². The zero-order valence-electron chi connectivity index (χ0n) is 29.0. The number of nitrogens with zero attached hydrogens (tertiary/aromatic N) is 4. The Morgan fingerprint density at radius 3 is 1.91 bits per heavy atom. The zero-order chi connectivity index (χ0) is 35.6. The highest BCUT2D eigenvalue weighted by Crippen LogP contribution is 2.39. The first-order valence-electron chi connectivity index (χ1n) is 18.1. The number of para-hydroxylation sites is 2. The smallest absolute Gasteiger partial charge is 0.238 e. The molecule has 11 aromatic rings. The molecule has 0 saturated heterocycles. The van der Waals surface area contributed by atoms with Gasteiger partial charge < -0.3 is 4.42 Å². The Kier molecular flexibility index (Phi) is 6.79. The molecule has 0 saturated carbocycles. The fraction of sp³-hybridized carbons (Fsp3) is 0. The Morgan fingerprint density at radius 2 is 1.02 bits per heavy atom. The summed E-state index contributed by atoms with van der Waals surface area (Å²) in [7, 11) is 0. The molecule has 0 aliphatic rings. The molecule has 252 valence electrons. The van der Waals surface area contributed by atoms with Gasteiger partial charge in [0.2, 0.25) is 5.95 Å². The number of hydrogen-bond acceptors (Lipinski definition) is 4. The maximum atomic E-state index is 6.25. The summed E-state index contributed by atoms with van der Waals surface area (Å²) >= 11 is 0. The fourth-order valence-electron chi connectivity index (χ4n) is 7.89. The third-order valence-electron chi connectivity index (χ3n) is 10.4. The molecular weight excluding hydrogens is 661 g/mol. The summed E-state index contributed by atoms with van der Waals surface area (Å²) in [5, 5.41) is 6.77. The maximum Gasteiger partial charge on any atom is 0.238 e. The molecular formula is C49H30N4O. The van der Waals surface area contributed by atoms with E-state index in [4.69, 9.17) is 19.4 Å². The minimum atomic E-state index is 0.565. The van der Waals surface area contributed by atoms with Crippen molar-refractivity contribution in [2.24, 2.45) is 0 Å². The molecule has 3 heterocycles. The summed E-state index contributed by atoms with van der Waals surface area (Å²) in [4.78, 5) is 15.7. The normalized spacial score (nSPS) is 11.7. The van der Waals surface area contributed by atoms with Crippen molar-refractivity contribution in [2.75, 3.05) is 0 Å². The van der Waals surface area contributed by atoms with Crippen molar-refractivity contribution in [3.8, 4) is 51.0 Å². The molecule has 0 amide bonds. The van der Waals surface area contributed by atoms with Crippen LogP contribution >= 0.6 is 0 Å². The predicted molar refractivity (Wildman–Crippen MR) is 221 cm³/mol. The molecule has 0 fully saturated rings. The number of hydrogen-bond donors (Lipinski definition) is 0. The summed E-state index contributed by atoms with van der Waals surface area (Å²) in [6, 6.07) is 63.4. The van der Waals surface area contributed by atoms with Gasteiger partial charge in [0.05, 0.1) is 11.0 Å². The number of furan rings is 1. The summed E-state index contributed by atoms with van der Waals surface area (Å²) in [6.45, 7) is 0. The number of benzene rings is 8. The molecule has 8 aromatic carbocycles. The predicted octanol–water partition coefficient (Wildman–Crippen LogP) is 12.7. The standard InChI is InChI=1S/C49H30N4O/c1-2-12-31(13-3-1)34-26-27-43-41(30-34)39-18-6-8-21-42(39)53(43)49-51-47(50-48(52-49)37-25-24-32-14-4-5-15-33(32)28-37)36-17-10-16-35(29-36)38-20-11-23-45-46(38)40-19-7-9-22-44(40)54-45/h1-30H. The summed E-state index contributed by atoms with van der Waals surface area (Å²) in [6.07, 6.45) is 0. The number of rotatable bonds is 5. The van der Waals surface area contributed by atoms with Gasteiger partial charge in [0.1, 0.15) is 11.2 Å². The molecule has 5 heteroatoms. The average Bonchev–Trinajstić information content (AvgIpc) is 3.79. The lowest BCUT2D eigenvalue weighted by atomic mass is 9.98. The minimum absolute atomic E-state index is 0.565. The molecule has 3 aromatic heterocycles. The van der Waals surface area contributed by atoms with Crippen molar-refractivity contribution in [1.82, 2.24) is 19.5 Å². The molecule has 0 unspecified atom stereocenters. The monoisotopic (exact) mass is 690 g/mol. The third kappa shape index (κ3) is 4.90. The van der Waals surface area contributed by atoms with E-state index in [0.717, 1.165) is 76.9 Å². The van der Waals surface area contributed by atoms with Gasteiger partial charge in [-0.2, -0.15) is 9.97 Å². The Hall–Kier alpha value is -7.37. The second-order valence-electron chi connectivity index (χ2n) is 13.7. The van der Waals surface area contributed by atoms with Gasteiger partial charge in [-0.1, -0.05) is 140 Å². The lowest BCUT2D eigenvalue weighted by molar-refractivity contribution is 0.669. The van der Waals surface area contributed by atoms with Crippen LogP contribution in [0, 0.1) is 0 Å². The van der Waals surface area contributed by atoms with Crippen LogP contribution in [0.2, 0.25) is 0 Å². The lowest BCUT2D eigenvalue weighted by Crippen LogP contribution is -2.06. The van der Waals surface area contributed by atoms with Crippen LogP contribution in [0.4, 0.5) is 0 Å². The van der Waals surface area contributed by atoms with Gasteiger partial charge in [-0.15, -0.1) is 0 Å². The van der Waals surface area contributed by atoms with Gasteiger partial charge >= 0.3 is 0 Å². The van der Waals surface area contributed by atoms with E-state index in [1.54, 1.807) is 0 Å². The average molecular weight is 691 g/mol. The van der Waals surface area contributed by atoms with E-state index in [0.29, 0.717) is 17.6 Å². The molecule has 0 bridgehead atoms. The minimum Gasteiger partial charge on any atom is -0.456 e. The molecule has 0 radical (unpaired) electrons. The second kappa shape index (κ2) is 12.1. The van der Waals surface area contributed by atoms with Crippen molar-refractivity contribution in [2.45, 2.75) is 0 Å². The topological polar surface area (TPSA) is 56.7 Å². The van der Waals surface area contributed by atoms with Crippen LogP contribution in [0.3, 0.4) is 0 Å². The first kappa shape index (κ1) is 30.3. The molecule has 0 atom stereocenters. The van der Waals surface area contributed by atoms with Crippen LogP contribution in [-0.2, 0) is 0 Å². The Balaban J connectivity index is 1.14. The van der Waals surface area contributed by atoms with Gasteiger partial charge in [-0.3, -0.25) is 4.57 Å². The van der Waals surface area contributed by atoms with E-state index < -0.39 is 0 Å². The van der Waals surface area contributed by atoms with Gasteiger partial charge in [0, 0.05) is 32.7 Å². The molecule has 54 heavy (non-hydrogen) atoms. The van der Waals surface area contributed by atoms with E-state index in [1.165, 1.54) is 10.9 Å². The van der Waals surface area contributed by atoms with Crippen molar-refractivity contribution in [3.05, 3.63) is 182 Å². The highest BCUT2D eigenvalue weighted by Gasteiger charge is 2.19. The van der Waals surface area contributed by atoms with Crippen molar-refractivity contribution in [3.63, 3.8) is 0 Å². The molecule has 0 aliphatic carbocycles. The van der Waals surface area contributed by atoms with Crippen LogP contribution < -0.4 is 0 Å². The SMILES string of the molecule is c1ccc(-c2ccc3c(c2)c2ccccc2n3-c2nc(-c3cccc(-c4cccc5oc6ccccc6c45)c3)nc(-c3ccc4ccccc4c3)n2)cc1. The molecule has 11 rings (SSSR count). The van der Waals surface area contributed by atoms with Gasteiger partial charge in [-0.05, 0) is 75.5 Å². The first-order valence-corrected chi connectivity index (χ1v) is 18.1. The van der Waals surface area contributed by atoms with Crippen LogP contribution in [-0.4, -0.2) is 19.5 Å². The highest BCUT2D eigenvalue weighted by atomic mass is 16.3. The van der Waals surface area contributed by atoms with Crippen molar-refractivity contribution in [1.29, 1.82) is 0 Å². The van der Waals surface area contributed by atoms with Crippen molar-refractivity contribution >= 4 is 54.5 Å². The first-order chi connectivity index (χ1) is 26.7. The van der Waals surface area contributed by atoms with Crippen LogP contribution in [0.1, 0.15) is 0 Å². The largest absolute Gasteiger partial charge is 0.456 e. The van der Waals surface area contributed by atoms with Crippen LogP contribution in [0.5, 0.6) is 0 Å². The van der Waals surface area contributed by atoms with Crippen LogP contribution in [0.25, 0.3) is 105 Å². The van der Waals surface area contributed by atoms with Gasteiger partial charge in [0.25, 0.3) is 0 Å². The van der Waals surface area contributed by atoms with Crippen molar-refractivity contribution < 1.29 is 4.42 Å². The van der Waals surface area contributed by atoms with E-state index in [9.17, 15) is 0 Å². The van der Waals surface area contributed by atoms with Crippen LogP contribution in [0.15, 0.2) is 186 Å². The summed E-state index contributed by atoms with van der Waals surface area (Å²) < 4.78 is 8.43. The number of aromatic nitrogens is 4. The lowest BCUT2D eigenvalue weighted by Gasteiger charge is -2.12. The third-order valence-corrected chi connectivity index (χ3v) is 10.4. The number of fused-ring (bicyclic) bond motifs is 7. The zero-order valence-corrected chi connectivity index (χ0v) is 29.0.